The van der Waals surface area contributed by atoms with Gasteiger partial charge in [0.1, 0.15) is 0 Å². The predicted octanol–water partition coefficient (Wildman–Crippen LogP) is 2.45. The van der Waals surface area contributed by atoms with E-state index in [2.05, 4.69) is 21.2 Å². The Morgan fingerprint density at radius 1 is 1.60 bits per heavy atom. The van der Waals surface area contributed by atoms with Crippen LogP contribution in [-0.2, 0) is 10.1 Å². The molecular weight excluding hydrogens is 264 g/mol. The molecule has 0 bridgehead atoms. The summed E-state index contributed by atoms with van der Waals surface area (Å²) in [6.07, 6.45) is 0. The van der Waals surface area contributed by atoms with Crippen molar-refractivity contribution in [3.05, 3.63) is 33.9 Å². The Balaban J connectivity index is 3.12. The third-order valence-electron chi connectivity index (χ3n) is 1.76. The Morgan fingerprint density at radius 3 is 2.73 bits per heavy atom. The zero-order chi connectivity index (χ0) is 11.4. The van der Waals surface area contributed by atoms with Crippen LogP contribution in [0.1, 0.15) is 12.5 Å². The lowest BCUT2D eigenvalue weighted by Crippen LogP contribution is -2.08. The quantitative estimate of drug-likeness (QED) is 0.522. The lowest BCUT2D eigenvalue weighted by molar-refractivity contribution is -0.384. The number of rotatable bonds is 3. The molecule has 0 radical (unpaired) electrons. The molecule has 5 nitrogen and oxygen atoms in total. The maximum atomic E-state index is 10.9. The van der Waals surface area contributed by atoms with Crippen molar-refractivity contribution in [1.82, 2.24) is 0 Å². The van der Waals surface area contributed by atoms with E-state index >= 15 is 0 Å². The van der Waals surface area contributed by atoms with E-state index in [1.165, 1.54) is 19.1 Å². The van der Waals surface area contributed by atoms with Crippen LogP contribution in [0.4, 0.5) is 11.4 Å². The van der Waals surface area contributed by atoms with Crippen LogP contribution in [0.15, 0.2) is 18.2 Å². The fourth-order valence-electron chi connectivity index (χ4n) is 1.10. The Hall–Kier alpha value is -1.43. The number of nitro groups is 1. The summed E-state index contributed by atoms with van der Waals surface area (Å²) in [4.78, 5) is 20.9. The predicted molar refractivity (Wildman–Crippen MR) is 60.0 cm³/mol. The number of hydrogen-bond acceptors (Lipinski definition) is 3. The number of carbonyl (C=O) groups excluding carboxylic acids is 1. The van der Waals surface area contributed by atoms with Crippen molar-refractivity contribution in [1.29, 1.82) is 0 Å². The van der Waals surface area contributed by atoms with Gasteiger partial charge in [-0.2, -0.15) is 0 Å². The standard InChI is InChI=1S/C9H9BrN2O3/c1-6(13)11-9-4-8(12(14)15)3-2-7(9)5-10/h2-4H,5H2,1H3,(H,11,13). The van der Waals surface area contributed by atoms with Crippen LogP contribution in [0.3, 0.4) is 0 Å². The smallest absolute Gasteiger partial charge is 0.271 e. The minimum Gasteiger partial charge on any atom is -0.326 e. The molecule has 6 heteroatoms. The fraction of sp³-hybridized carbons (Fsp3) is 0.222. The summed E-state index contributed by atoms with van der Waals surface area (Å²) in [6, 6.07) is 4.36. The van der Waals surface area contributed by atoms with Crippen LogP contribution < -0.4 is 5.32 Å². The highest BCUT2D eigenvalue weighted by molar-refractivity contribution is 9.08. The molecule has 0 fully saturated rings. The third-order valence-corrected chi connectivity index (χ3v) is 2.36. The molecule has 0 saturated carbocycles. The molecule has 0 aliphatic heterocycles. The minimum atomic E-state index is -0.497. The van der Waals surface area contributed by atoms with Crippen LogP contribution in [0.25, 0.3) is 0 Å². The molecule has 1 aromatic carbocycles. The first-order valence-corrected chi connectivity index (χ1v) is 5.27. The van der Waals surface area contributed by atoms with Crippen molar-refractivity contribution < 1.29 is 9.72 Å². The zero-order valence-electron chi connectivity index (χ0n) is 7.99. The highest BCUT2D eigenvalue weighted by atomic mass is 79.9. The van der Waals surface area contributed by atoms with Crippen molar-refractivity contribution in [3.63, 3.8) is 0 Å². The molecule has 0 saturated heterocycles. The third kappa shape index (κ3) is 3.02. The second kappa shape index (κ2) is 4.88. The molecule has 1 N–H and O–H groups in total. The number of carbonyl (C=O) groups is 1. The second-order valence-corrected chi connectivity index (χ2v) is 3.47. The van der Waals surface area contributed by atoms with E-state index < -0.39 is 4.92 Å². The van der Waals surface area contributed by atoms with E-state index in [0.29, 0.717) is 11.0 Å². The van der Waals surface area contributed by atoms with E-state index in [0.717, 1.165) is 5.56 Å². The average Bonchev–Trinajstić information content (AvgIpc) is 2.16. The maximum Gasteiger partial charge on any atom is 0.271 e. The molecule has 0 spiro atoms. The van der Waals surface area contributed by atoms with E-state index in [-0.39, 0.29) is 11.6 Å². The van der Waals surface area contributed by atoms with Crippen LogP contribution in [-0.4, -0.2) is 10.8 Å². The summed E-state index contributed by atoms with van der Waals surface area (Å²) >= 11 is 3.24. The molecule has 1 amide bonds. The summed E-state index contributed by atoms with van der Waals surface area (Å²) in [7, 11) is 0. The molecular formula is C9H9BrN2O3. The molecule has 0 unspecified atom stereocenters. The van der Waals surface area contributed by atoms with Crippen LogP contribution in [0.5, 0.6) is 0 Å². The SMILES string of the molecule is CC(=O)Nc1cc([N+](=O)[O-])ccc1CBr. The fourth-order valence-corrected chi connectivity index (χ4v) is 1.59. The molecule has 0 heterocycles. The van der Waals surface area contributed by atoms with Crippen LogP contribution in [0, 0.1) is 10.1 Å². The summed E-state index contributed by atoms with van der Waals surface area (Å²) in [6.45, 7) is 1.36. The van der Waals surface area contributed by atoms with Gasteiger partial charge in [0, 0.05) is 24.4 Å². The molecule has 1 rings (SSSR count). The van der Waals surface area contributed by atoms with Gasteiger partial charge in [0.15, 0.2) is 0 Å². The molecule has 1 aromatic rings. The van der Waals surface area contributed by atoms with Gasteiger partial charge in [0.25, 0.3) is 5.69 Å². The number of alkyl halides is 1. The Labute approximate surface area is 94.8 Å². The molecule has 0 aliphatic carbocycles. The van der Waals surface area contributed by atoms with Crippen molar-refractivity contribution in [2.45, 2.75) is 12.3 Å². The number of benzene rings is 1. The van der Waals surface area contributed by atoms with Gasteiger partial charge >= 0.3 is 0 Å². The Bertz CT molecular complexity index is 406. The number of nitro benzene ring substituents is 1. The molecule has 0 aliphatic rings. The number of anilines is 1. The van der Waals surface area contributed by atoms with Crippen LogP contribution in [0.2, 0.25) is 0 Å². The minimum absolute atomic E-state index is 0.0385. The summed E-state index contributed by atoms with van der Waals surface area (Å²) in [5.74, 6) is -0.252. The van der Waals surface area contributed by atoms with E-state index in [4.69, 9.17) is 0 Å². The molecule has 15 heavy (non-hydrogen) atoms. The van der Waals surface area contributed by atoms with Gasteiger partial charge in [-0.3, -0.25) is 14.9 Å². The first kappa shape index (κ1) is 11.6. The number of nitrogens with one attached hydrogen (secondary N) is 1. The van der Waals surface area contributed by atoms with Gasteiger partial charge in [-0.25, -0.2) is 0 Å². The van der Waals surface area contributed by atoms with Gasteiger partial charge in [-0.15, -0.1) is 0 Å². The Morgan fingerprint density at radius 2 is 2.27 bits per heavy atom. The number of amides is 1. The van der Waals surface area contributed by atoms with Gasteiger partial charge in [-0.05, 0) is 11.6 Å². The largest absolute Gasteiger partial charge is 0.326 e. The Kier molecular flexibility index (Phi) is 3.79. The van der Waals surface area contributed by atoms with E-state index in [1.807, 2.05) is 0 Å². The van der Waals surface area contributed by atoms with E-state index in [1.54, 1.807) is 6.07 Å². The zero-order valence-corrected chi connectivity index (χ0v) is 9.58. The van der Waals surface area contributed by atoms with Crippen molar-refractivity contribution >= 4 is 33.2 Å². The number of halogens is 1. The topological polar surface area (TPSA) is 72.2 Å². The summed E-state index contributed by atoms with van der Waals surface area (Å²) in [5.41, 5.74) is 1.23. The number of nitrogens with zero attached hydrogens (tertiary/aromatic N) is 1. The van der Waals surface area contributed by atoms with Gasteiger partial charge in [0.2, 0.25) is 5.91 Å². The monoisotopic (exact) mass is 272 g/mol. The molecule has 80 valence electrons. The van der Waals surface area contributed by atoms with Crippen LogP contribution >= 0.6 is 15.9 Å². The van der Waals surface area contributed by atoms with E-state index in [9.17, 15) is 14.9 Å². The number of hydrogen-bond donors (Lipinski definition) is 1. The normalized spacial score (nSPS) is 9.73. The van der Waals surface area contributed by atoms with Gasteiger partial charge < -0.3 is 5.32 Å². The number of non-ortho nitro benzene ring substituents is 1. The summed E-state index contributed by atoms with van der Waals surface area (Å²) in [5, 5.41) is 13.6. The molecule has 0 aromatic heterocycles. The van der Waals surface area contributed by atoms with Gasteiger partial charge in [0.05, 0.1) is 10.6 Å². The first-order chi connectivity index (χ1) is 7.04. The lowest BCUT2D eigenvalue weighted by atomic mass is 10.2. The van der Waals surface area contributed by atoms with Crippen molar-refractivity contribution in [3.8, 4) is 0 Å². The molecule has 0 atom stereocenters. The van der Waals surface area contributed by atoms with Gasteiger partial charge in [-0.1, -0.05) is 15.9 Å². The average molecular weight is 273 g/mol. The first-order valence-electron chi connectivity index (χ1n) is 4.15. The lowest BCUT2D eigenvalue weighted by Gasteiger charge is -2.06. The highest BCUT2D eigenvalue weighted by Gasteiger charge is 2.10. The van der Waals surface area contributed by atoms with Crippen molar-refractivity contribution in [2.24, 2.45) is 0 Å². The second-order valence-electron chi connectivity index (χ2n) is 2.91. The summed E-state index contributed by atoms with van der Waals surface area (Å²) < 4.78 is 0. The van der Waals surface area contributed by atoms with Crippen molar-refractivity contribution in [2.75, 3.05) is 5.32 Å². The maximum absolute atomic E-state index is 10.9. The highest BCUT2D eigenvalue weighted by Crippen LogP contribution is 2.24.